The maximum atomic E-state index is 12.0. The van der Waals surface area contributed by atoms with Gasteiger partial charge in [0.15, 0.2) is 11.8 Å². The van der Waals surface area contributed by atoms with Crippen molar-refractivity contribution < 1.29 is 9.32 Å². The molecular weight excluding hydrogens is 423 g/mol. The first-order valence-corrected chi connectivity index (χ1v) is 8.28. The molecule has 136 valence electrons. The predicted octanol–water partition coefficient (Wildman–Crippen LogP) is 1.11. The number of aryl methyl sites for hydroxylation is 2. The van der Waals surface area contributed by atoms with Crippen molar-refractivity contribution in [3.8, 4) is 0 Å². The Morgan fingerprint density at radius 2 is 2.08 bits per heavy atom. The first-order chi connectivity index (χ1) is 11.2. The summed E-state index contributed by atoms with van der Waals surface area (Å²) in [4.78, 5) is 22.4. The van der Waals surface area contributed by atoms with E-state index >= 15 is 0 Å². The van der Waals surface area contributed by atoms with Crippen LogP contribution in [-0.4, -0.2) is 59.6 Å². The van der Waals surface area contributed by atoms with Gasteiger partial charge in [-0.2, -0.15) is 4.98 Å². The van der Waals surface area contributed by atoms with Crippen molar-refractivity contribution in [3.63, 3.8) is 0 Å². The molecule has 2 heterocycles. The summed E-state index contributed by atoms with van der Waals surface area (Å²) >= 11 is 0. The molecule has 1 fully saturated rings. The zero-order valence-corrected chi connectivity index (χ0v) is 16.7. The summed E-state index contributed by atoms with van der Waals surface area (Å²) < 4.78 is 5.07. The zero-order chi connectivity index (χ0) is 16.5. The third-order valence-electron chi connectivity index (χ3n) is 3.60. The standard InChI is InChI=1S/C15H26N6O2.HI/c1-3-16-15(18-11-14(22)21-9-4-5-10-21)17-8-6-7-13-19-12(2)20-23-13;/h3-11H2,1-2H3,(H2,16,17,18);1H. The van der Waals surface area contributed by atoms with Crippen LogP contribution in [0.1, 0.15) is 37.9 Å². The Bertz CT molecular complexity index is 528. The van der Waals surface area contributed by atoms with E-state index in [0.29, 0.717) is 17.7 Å². The number of guanidine groups is 1. The molecule has 0 aromatic carbocycles. The number of hydrogen-bond donors (Lipinski definition) is 2. The van der Waals surface area contributed by atoms with Gasteiger partial charge >= 0.3 is 0 Å². The van der Waals surface area contributed by atoms with Crippen LogP contribution in [0.4, 0.5) is 0 Å². The highest BCUT2D eigenvalue weighted by molar-refractivity contribution is 14.0. The predicted molar refractivity (Wildman–Crippen MR) is 103 cm³/mol. The molecule has 1 aromatic heterocycles. The molecular formula is C15H27IN6O2. The highest BCUT2D eigenvalue weighted by Crippen LogP contribution is 2.07. The van der Waals surface area contributed by atoms with Gasteiger partial charge in [-0.1, -0.05) is 5.16 Å². The first kappa shape index (κ1) is 20.7. The van der Waals surface area contributed by atoms with Crippen molar-refractivity contribution >= 4 is 35.8 Å². The molecule has 1 aliphatic rings. The van der Waals surface area contributed by atoms with Gasteiger partial charge in [0.05, 0.1) is 0 Å². The molecule has 1 amide bonds. The molecule has 0 bridgehead atoms. The lowest BCUT2D eigenvalue weighted by atomic mass is 10.3. The van der Waals surface area contributed by atoms with E-state index in [2.05, 4.69) is 25.8 Å². The number of aliphatic imine (C=N–C) groups is 1. The van der Waals surface area contributed by atoms with Crippen molar-refractivity contribution in [3.05, 3.63) is 11.7 Å². The van der Waals surface area contributed by atoms with Gasteiger partial charge in [0, 0.05) is 32.6 Å². The Hall–Kier alpha value is -1.39. The van der Waals surface area contributed by atoms with Crippen LogP contribution in [0.5, 0.6) is 0 Å². The van der Waals surface area contributed by atoms with E-state index in [1.165, 1.54) is 0 Å². The minimum absolute atomic E-state index is 0. The molecule has 24 heavy (non-hydrogen) atoms. The van der Waals surface area contributed by atoms with Crippen molar-refractivity contribution in [2.24, 2.45) is 4.99 Å². The zero-order valence-electron chi connectivity index (χ0n) is 14.4. The maximum absolute atomic E-state index is 12.0. The lowest BCUT2D eigenvalue weighted by Crippen LogP contribution is -2.39. The Kier molecular flexibility index (Phi) is 9.65. The highest BCUT2D eigenvalue weighted by atomic mass is 127. The van der Waals surface area contributed by atoms with Crippen molar-refractivity contribution in [1.82, 2.24) is 25.7 Å². The number of carbonyl (C=O) groups excluding carboxylic acids is 1. The maximum Gasteiger partial charge on any atom is 0.244 e. The number of amides is 1. The largest absolute Gasteiger partial charge is 0.357 e. The third kappa shape index (κ3) is 7.02. The number of nitrogens with zero attached hydrogens (tertiary/aromatic N) is 4. The van der Waals surface area contributed by atoms with Crippen molar-refractivity contribution in [2.45, 2.75) is 39.5 Å². The Morgan fingerprint density at radius 3 is 2.71 bits per heavy atom. The number of rotatable bonds is 7. The molecule has 1 saturated heterocycles. The van der Waals surface area contributed by atoms with E-state index in [1.54, 1.807) is 6.92 Å². The molecule has 9 heteroatoms. The van der Waals surface area contributed by atoms with Crippen molar-refractivity contribution in [2.75, 3.05) is 32.7 Å². The fourth-order valence-electron chi connectivity index (χ4n) is 2.44. The van der Waals surface area contributed by atoms with Gasteiger partial charge in [-0.3, -0.25) is 4.79 Å². The summed E-state index contributed by atoms with van der Waals surface area (Å²) in [5, 5.41) is 10.1. The van der Waals surface area contributed by atoms with Crippen LogP contribution in [0.3, 0.4) is 0 Å². The molecule has 2 rings (SSSR count). The van der Waals surface area contributed by atoms with E-state index < -0.39 is 0 Å². The SMILES string of the molecule is CCNC(=NCC(=O)N1CCCC1)NCCCc1nc(C)no1.I. The molecule has 0 radical (unpaired) electrons. The molecule has 0 spiro atoms. The molecule has 0 saturated carbocycles. The smallest absolute Gasteiger partial charge is 0.244 e. The summed E-state index contributed by atoms with van der Waals surface area (Å²) in [5.74, 6) is 2.07. The molecule has 0 aliphatic carbocycles. The van der Waals surface area contributed by atoms with Crippen molar-refractivity contribution in [1.29, 1.82) is 0 Å². The van der Waals surface area contributed by atoms with Gasteiger partial charge in [-0.05, 0) is 33.1 Å². The molecule has 8 nitrogen and oxygen atoms in total. The summed E-state index contributed by atoms with van der Waals surface area (Å²) in [6.07, 6.45) is 3.78. The average Bonchev–Trinajstić information content (AvgIpc) is 3.20. The number of carbonyl (C=O) groups is 1. The van der Waals surface area contributed by atoms with Crippen LogP contribution >= 0.6 is 24.0 Å². The molecule has 2 N–H and O–H groups in total. The number of halogens is 1. The lowest BCUT2D eigenvalue weighted by Gasteiger charge is -2.15. The quantitative estimate of drug-likeness (QED) is 0.280. The lowest BCUT2D eigenvalue weighted by molar-refractivity contribution is -0.128. The minimum atomic E-state index is 0. The summed E-state index contributed by atoms with van der Waals surface area (Å²) in [5.41, 5.74) is 0. The third-order valence-corrected chi connectivity index (χ3v) is 3.60. The second-order valence-electron chi connectivity index (χ2n) is 5.55. The van der Waals surface area contributed by atoms with Gasteiger partial charge in [-0.25, -0.2) is 4.99 Å². The van der Waals surface area contributed by atoms with Crippen LogP contribution in [0, 0.1) is 6.92 Å². The number of likely N-dealkylation sites (tertiary alicyclic amines) is 1. The Morgan fingerprint density at radius 1 is 1.33 bits per heavy atom. The van der Waals surface area contributed by atoms with Crippen LogP contribution in [0.15, 0.2) is 9.52 Å². The second kappa shape index (κ2) is 11.2. The normalized spacial score (nSPS) is 14.4. The topological polar surface area (TPSA) is 95.7 Å². The van der Waals surface area contributed by atoms with E-state index in [1.807, 2.05) is 11.8 Å². The summed E-state index contributed by atoms with van der Waals surface area (Å²) in [6, 6.07) is 0. The van der Waals surface area contributed by atoms with E-state index in [-0.39, 0.29) is 36.4 Å². The number of aromatic nitrogens is 2. The Balaban J connectivity index is 0.00000288. The number of nitrogens with one attached hydrogen (secondary N) is 2. The van der Waals surface area contributed by atoms with Crippen LogP contribution in [0.25, 0.3) is 0 Å². The number of hydrogen-bond acceptors (Lipinski definition) is 5. The van der Waals surface area contributed by atoms with Crippen LogP contribution < -0.4 is 10.6 Å². The molecule has 1 aromatic rings. The summed E-state index contributed by atoms with van der Waals surface area (Å²) in [6.45, 7) is 7.21. The monoisotopic (exact) mass is 450 g/mol. The fourth-order valence-corrected chi connectivity index (χ4v) is 2.44. The van der Waals surface area contributed by atoms with E-state index in [4.69, 9.17) is 4.52 Å². The van der Waals surface area contributed by atoms with E-state index in [9.17, 15) is 4.79 Å². The molecule has 0 unspecified atom stereocenters. The highest BCUT2D eigenvalue weighted by Gasteiger charge is 2.17. The second-order valence-corrected chi connectivity index (χ2v) is 5.55. The van der Waals surface area contributed by atoms with Gasteiger partial charge in [-0.15, -0.1) is 24.0 Å². The van der Waals surface area contributed by atoms with E-state index in [0.717, 1.165) is 51.9 Å². The minimum Gasteiger partial charge on any atom is -0.357 e. The molecule has 0 atom stereocenters. The van der Waals surface area contributed by atoms with Crippen LogP contribution in [0.2, 0.25) is 0 Å². The van der Waals surface area contributed by atoms with Gasteiger partial charge < -0.3 is 20.1 Å². The molecule has 1 aliphatic heterocycles. The van der Waals surface area contributed by atoms with Gasteiger partial charge in [0.25, 0.3) is 0 Å². The fraction of sp³-hybridized carbons (Fsp3) is 0.733. The van der Waals surface area contributed by atoms with Crippen LogP contribution in [-0.2, 0) is 11.2 Å². The average molecular weight is 450 g/mol. The van der Waals surface area contributed by atoms with Gasteiger partial charge in [0.2, 0.25) is 11.8 Å². The Labute approximate surface area is 159 Å². The van der Waals surface area contributed by atoms with Gasteiger partial charge in [0.1, 0.15) is 6.54 Å². The first-order valence-electron chi connectivity index (χ1n) is 8.28. The summed E-state index contributed by atoms with van der Waals surface area (Å²) in [7, 11) is 0.